The first kappa shape index (κ1) is 18.9. The van der Waals surface area contributed by atoms with Crippen LogP contribution in [0.4, 0.5) is 5.95 Å². The molecule has 0 saturated carbocycles. The number of rotatable bonds is 5. The molecule has 150 valence electrons. The monoisotopic (exact) mass is 424 g/mol. The molecule has 0 unspecified atom stereocenters. The Balaban J connectivity index is 1.44. The van der Waals surface area contributed by atoms with Crippen LogP contribution in [0.25, 0.3) is 16.2 Å². The lowest BCUT2D eigenvalue weighted by Gasteiger charge is -2.08. The van der Waals surface area contributed by atoms with Gasteiger partial charge < -0.3 is 0 Å². The van der Waals surface area contributed by atoms with E-state index < -0.39 is 5.91 Å². The summed E-state index contributed by atoms with van der Waals surface area (Å²) in [5.74, 6) is -0.452. The molecule has 0 spiro atoms. The smallest absolute Gasteiger partial charge is 0.258 e. The molecule has 0 aliphatic carbocycles. The van der Waals surface area contributed by atoms with Crippen LogP contribution in [0.1, 0.15) is 26.3 Å². The molecule has 6 nitrogen and oxygen atoms in total. The zero-order valence-corrected chi connectivity index (χ0v) is 17.0. The largest absolute Gasteiger partial charge is 0.289 e. The lowest BCUT2D eigenvalue weighted by molar-refractivity contribution is 0.0996. The minimum Gasteiger partial charge on any atom is -0.289 e. The van der Waals surface area contributed by atoms with Crippen LogP contribution in [-0.2, 0) is 0 Å². The van der Waals surface area contributed by atoms with Gasteiger partial charge in [0.15, 0.2) is 5.78 Å². The summed E-state index contributed by atoms with van der Waals surface area (Å²) >= 11 is 1.44. The number of carbonyl (C=O) groups excluding carboxylic acids is 2. The van der Waals surface area contributed by atoms with Gasteiger partial charge in [-0.25, -0.2) is 4.52 Å². The first-order chi connectivity index (χ1) is 15.2. The molecule has 0 saturated heterocycles. The molecule has 0 radical (unpaired) electrons. The average Bonchev–Trinajstić information content (AvgIpc) is 3.40. The van der Waals surface area contributed by atoms with Gasteiger partial charge in [0.1, 0.15) is 0 Å². The molecule has 1 amide bonds. The first-order valence-electron chi connectivity index (χ1n) is 9.60. The quantitative estimate of drug-likeness (QED) is 0.406. The van der Waals surface area contributed by atoms with Crippen molar-refractivity contribution in [2.45, 2.75) is 0 Å². The second-order valence-corrected chi connectivity index (χ2v) is 7.65. The number of hydrogen-bond acceptors (Lipinski definition) is 5. The van der Waals surface area contributed by atoms with E-state index in [-0.39, 0.29) is 17.3 Å². The summed E-state index contributed by atoms with van der Waals surface area (Å²) in [5, 5.41) is 9.15. The normalized spacial score (nSPS) is 10.8. The van der Waals surface area contributed by atoms with E-state index in [0.29, 0.717) is 16.1 Å². The van der Waals surface area contributed by atoms with Crippen LogP contribution in [0.15, 0.2) is 90.3 Å². The first-order valence-corrected chi connectivity index (χ1v) is 10.5. The predicted molar refractivity (Wildman–Crippen MR) is 121 cm³/mol. The Morgan fingerprint density at radius 3 is 2.19 bits per heavy atom. The third-order valence-corrected chi connectivity index (χ3v) is 5.64. The number of thiazole rings is 1. The summed E-state index contributed by atoms with van der Waals surface area (Å²) in [5.41, 5.74) is 3.04. The summed E-state index contributed by atoms with van der Waals surface area (Å²) in [6, 6.07) is 25.5. The molecule has 0 aliphatic rings. The summed E-state index contributed by atoms with van der Waals surface area (Å²) in [6.07, 6.45) is 0. The molecule has 0 atom stereocenters. The van der Waals surface area contributed by atoms with Gasteiger partial charge in [-0.2, -0.15) is 4.98 Å². The average molecular weight is 424 g/mol. The van der Waals surface area contributed by atoms with Crippen molar-refractivity contribution in [2.75, 3.05) is 5.32 Å². The van der Waals surface area contributed by atoms with Crippen LogP contribution in [0.2, 0.25) is 0 Å². The molecule has 5 rings (SSSR count). The van der Waals surface area contributed by atoms with Crippen LogP contribution in [0.3, 0.4) is 0 Å². The second-order valence-electron chi connectivity index (χ2n) is 6.81. The molecule has 0 aliphatic heterocycles. The number of benzene rings is 3. The number of anilines is 1. The number of ketones is 1. The molecule has 2 aromatic heterocycles. The summed E-state index contributed by atoms with van der Waals surface area (Å²) in [7, 11) is 0. The molecule has 0 bridgehead atoms. The summed E-state index contributed by atoms with van der Waals surface area (Å²) in [4.78, 5) is 31.0. The molecule has 2 heterocycles. The van der Waals surface area contributed by atoms with Crippen molar-refractivity contribution in [3.05, 3.63) is 107 Å². The molecular weight excluding hydrogens is 408 g/mol. The number of fused-ring (bicyclic) bond motifs is 1. The van der Waals surface area contributed by atoms with Crippen molar-refractivity contribution < 1.29 is 9.59 Å². The number of nitrogens with one attached hydrogen (secondary N) is 1. The molecule has 7 heteroatoms. The van der Waals surface area contributed by atoms with Crippen LogP contribution in [0.5, 0.6) is 0 Å². The number of aromatic nitrogens is 3. The highest BCUT2D eigenvalue weighted by Gasteiger charge is 2.20. The predicted octanol–water partition coefficient (Wildman–Crippen LogP) is 4.94. The molecule has 1 N–H and O–H groups in total. The molecule has 3 aromatic carbocycles. The fraction of sp³-hybridized carbons (Fsp3) is 0. The van der Waals surface area contributed by atoms with Gasteiger partial charge in [0.2, 0.25) is 4.96 Å². The minimum absolute atomic E-state index is 0.191. The summed E-state index contributed by atoms with van der Waals surface area (Å²) in [6.45, 7) is 0. The van der Waals surface area contributed by atoms with Crippen molar-refractivity contribution in [1.82, 2.24) is 14.6 Å². The van der Waals surface area contributed by atoms with Crippen LogP contribution in [0, 0.1) is 0 Å². The fourth-order valence-electron chi connectivity index (χ4n) is 3.33. The topological polar surface area (TPSA) is 76.4 Å². The third-order valence-electron chi connectivity index (χ3n) is 4.83. The Kier molecular flexibility index (Phi) is 4.86. The lowest BCUT2D eigenvalue weighted by Crippen LogP contribution is -2.17. The molecule has 5 aromatic rings. The standard InChI is InChI=1S/C24H16N4O2S/c29-21(17-11-5-2-6-12-17)18-13-7-8-14-19(18)22(30)25-23-26-24-28(27-23)20(15-31-24)16-9-3-1-4-10-16/h1-15H,(H,25,27,30). The van der Waals surface area contributed by atoms with Gasteiger partial charge in [-0.15, -0.1) is 16.4 Å². The lowest BCUT2D eigenvalue weighted by atomic mass is 9.98. The Morgan fingerprint density at radius 2 is 1.45 bits per heavy atom. The van der Waals surface area contributed by atoms with Crippen molar-refractivity contribution in [3.63, 3.8) is 0 Å². The van der Waals surface area contributed by atoms with Crippen molar-refractivity contribution in [1.29, 1.82) is 0 Å². The van der Waals surface area contributed by atoms with Crippen molar-refractivity contribution in [2.24, 2.45) is 0 Å². The summed E-state index contributed by atoms with van der Waals surface area (Å²) < 4.78 is 1.70. The van der Waals surface area contributed by atoms with Gasteiger partial charge in [0.05, 0.1) is 11.3 Å². The highest BCUT2D eigenvalue weighted by atomic mass is 32.1. The Morgan fingerprint density at radius 1 is 0.806 bits per heavy atom. The van der Waals surface area contributed by atoms with Crippen molar-refractivity contribution >= 4 is 33.9 Å². The maximum atomic E-state index is 13.0. The van der Waals surface area contributed by atoms with E-state index in [4.69, 9.17) is 0 Å². The molecule has 31 heavy (non-hydrogen) atoms. The van der Waals surface area contributed by atoms with Crippen LogP contribution >= 0.6 is 11.3 Å². The van der Waals surface area contributed by atoms with E-state index in [2.05, 4.69) is 15.4 Å². The molecule has 0 fully saturated rings. The maximum absolute atomic E-state index is 13.0. The SMILES string of the molecule is O=C(Nc1nc2scc(-c3ccccc3)n2n1)c1ccccc1C(=O)c1ccccc1. The van der Waals surface area contributed by atoms with Gasteiger partial charge in [-0.05, 0) is 6.07 Å². The second kappa shape index (κ2) is 7.97. The Bertz CT molecular complexity index is 1390. The number of carbonyl (C=O) groups is 2. The minimum atomic E-state index is -0.431. The van der Waals surface area contributed by atoms with Gasteiger partial charge in [-0.1, -0.05) is 78.9 Å². The Labute approximate surface area is 181 Å². The van der Waals surface area contributed by atoms with Gasteiger partial charge in [0.25, 0.3) is 11.9 Å². The van der Waals surface area contributed by atoms with E-state index in [1.54, 1.807) is 53.0 Å². The van der Waals surface area contributed by atoms with E-state index in [1.807, 2.05) is 41.8 Å². The van der Waals surface area contributed by atoms with Gasteiger partial charge in [-0.3, -0.25) is 14.9 Å². The zero-order valence-electron chi connectivity index (χ0n) is 16.2. The van der Waals surface area contributed by atoms with Crippen LogP contribution < -0.4 is 5.32 Å². The molecular formula is C24H16N4O2S. The van der Waals surface area contributed by atoms with E-state index in [1.165, 1.54) is 11.3 Å². The highest BCUT2D eigenvalue weighted by Crippen LogP contribution is 2.26. The van der Waals surface area contributed by atoms with E-state index >= 15 is 0 Å². The Hall–Kier alpha value is -4.10. The van der Waals surface area contributed by atoms with E-state index in [9.17, 15) is 9.59 Å². The maximum Gasteiger partial charge on any atom is 0.258 e. The zero-order chi connectivity index (χ0) is 21.2. The van der Waals surface area contributed by atoms with Gasteiger partial charge >= 0.3 is 0 Å². The third kappa shape index (κ3) is 3.62. The number of amides is 1. The van der Waals surface area contributed by atoms with Crippen molar-refractivity contribution in [3.8, 4) is 11.3 Å². The van der Waals surface area contributed by atoms with Crippen LogP contribution in [-0.4, -0.2) is 26.3 Å². The fourth-order valence-corrected chi connectivity index (χ4v) is 4.17. The number of hydrogen-bond donors (Lipinski definition) is 1. The van der Waals surface area contributed by atoms with E-state index in [0.717, 1.165) is 11.3 Å². The highest BCUT2D eigenvalue weighted by molar-refractivity contribution is 7.15. The number of nitrogens with zero attached hydrogens (tertiary/aromatic N) is 3. The van der Waals surface area contributed by atoms with Gasteiger partial charge in [0, 0.05) is 22.1 Å².